The number of anilines is 1. The zero-order chi connectivity index (χ0) is 19.3. The average molecular weight is 369 g/mol. The van der Waals surface area contributed by atoms with Crippen LogP contribution in [0.3, 0.4) is 0 Å². The lowest BCUT2D eigenvalue weighted by molar-refractivity contribution is -0.120. The molecule has 2 N–H and O–H groups in total. The maximum atomic E-state index is 12.2. The Morgan fingerprint density at radius 1 is 1.00 bits per heavy atom. The largest absolute Gasteiger partial charge is 0.494 e. The van der Waals surface area contributed by atoms with Crippen molar-refractivity contribution in [3.05, 3.63) is 60.2 Å². The Hall–Kier alpha value is -2.49. The summed E-state index contributed by atoms with van der Waals surface area (Å²) in [7, 11) is 0. The van der Waals surface area contributed by atoms with Crippen LogP contribution in [0.4, 0.5) is 5.69 Å². The van der Waals surface area contributed by atoms with Gasteiger partial charge in [0, 0.05) is 11.8 Å². The Balaban J connectivity index is 1.71. The first kappa shape index (κ1) is 20.8. The predicted octanol–water partition coefficient (Wildman–Crippen LogP) is 5.33. The van der Waals surface area contributed by atoms with Crippen molar-refractivity contribution >= 4 is 11.6 Å². The van der Waals surface area contributed by atoms with E-state index in [1.165, 1.54) is 25.7 Å². The highest BCUT2D eigenvalue weighted by molar-refractivity contribution is 5.81. The highest BCUT2D eigenvalue weighted by Gasteiger charge is 2.09. The molecule has 0 heterocycles. The monoisotopic (exact) mass is 368 g/mol. The molecule has 146 valence electrons. The van der Waals surface area contributed by atoms with Crippen LogP contribution in [0.25, 0.3) is 0 Å². The molecule has 27 heavy (non-hydrogen) atoms. The van der Waals surface area contributed by atoms with Crippen molar-refractivity contribution in [2.24, 2.45) is 0 Å². The second kappa shape index (κ2) is 12.0. The average Bonchev–Trinajstić information content (AvgIpc) is 2.70. The normalized spacial score (nSPS) is 11.6. The molecule has 0 saturated heterocycles. The van der Waals surface area contributed by atoms with E-state index in [0.717, 1.165) is 30.0 Å². The number of hydrogen-bond donors (Lipinski definition) is 2. The van der Waals surface area contributed by atoms with Crippen molar-refractivity contribution < 1.29 is 9.53 Å². The fraction of sp³-hybridized carbons (Fsp3) is 0.435. The molecule has 0 aliphatic rings. The molecule has 0 radical (unpaired) electrons. The number of nitrogens with one attached hydrogen (secondary N) is 2. The standard InChI is InChI=1S/C23H32N2O2/c1-3-4-5-6-10-16-27-22-15-11-14-21(17-22)24-18-23(26)25-19(2)20-12-8-7-9-13-20/h7-9,11-15,17,19,24H,3-6,10,16,18H2,1-2H3,(H,25,26). The molecule has 0 fully saturated rings. The molecule has 2 rings (SSSR count). The van der Waals surface area contributed by atoms with E-state index in [2.05, 4.69) is 17.6 Å². The smallest absolute Gasteiger partial charge is 0.239 e. The lowest BCUT2D eigenvalue weighted by Gasteiger charge is -2.15. The Bertz CT molecular complexity index is 673. The van der Waals surface area contributed by atoms with Crippen molar-refractivity contribution in [1.82, 2.24) is 5.32 Å². The summed E-state index contributed by atoms with van der Waals surface area (Å²) >= 11 is 0. The molecular weight excluding hydrogens is 336 g/mol. The van der Waals surface area contributed by atoms with Crippen LogP contribution in [0.1, 0.15) is 57.6 Å². The number of ether oxygens (including phenoxy) is 1. The van der Waals surface area contributed by atoms with Crippen molar-refractivity contribution in [2.75, 3.05) is 18.5 Å². The van der Waals surface area contributed by atoms with Gasteiger partial charge in [-0.25, -0.2) is 0 Å². The molecule has 1 amide bonds. The number of hydrogen-bond acceptors (Lipinski definition) is 3. The number of unbranched alkanes of at least 4 members (excludes halogenated alkanes) is 4. The number of rotatable bonds is 12. The lowest BCUT2D eigenvalue weighted by Crippen LogP contribution is -2.32. The molecule has 0 spiro atoms. The summed E-state index contributed by atoms with van der Waals surface area (Å²) in [6.45, 7) is 5.18. The van der Waals surface area contributed by atoms with Gasteiger partial charge in [0.05, 0.1) is 19.2 Å². The predicted molar refractivity (Wildman–Crippen MR) is 112 cm³/mol. The quantitative estimate of drug-likeness (QED) is 0.498. The minimum Gasteiger partial charge on any atom is -0.494 e. The van der Waals surface area contributed by atoms with Gasteiger partial charge in [-0.15, -0.1) is 0 Å². The highest BCUT2D eigenvalue weighted by Crippen LogP contribution is 2.18. The van der Waals surface area contributed by atoms with Crippen LogP contribution in [0, 0.1) is 0 Å². The van der Waals surface area contributed by atoms with Gasteiger partial charge in [0.2, 0.25) is 5.91 Å². The molecule has 1 unspecified atom stereocenters. The van der Waals surface area contributed by atoms with E-state index >= 15 is 0 Å². The molecule has 4 heteroatoms. The molecule has 0 aromatic heterocycles. The van der Waals surface area contributed by atoms with Crippen LogP contribution in [0.5, 0.6) is 5.75 Å². The Labute approximate surface area is 163 Å². The second-order valence-corrected chi connectivity index (χ2v) is 6.84. The van der Waals surface area contributed by atoms with E-state index in [-0.39, 0.29) is 18.5 Å². The molecule has 4 nitrogen and oxygen atoms in total. The molecule has 0 saturated carbocycles. The number of benzene rings is 2. The summed E-state index contributed by atoms with van der Waals surface area (Å²) in [6, 6.07) is 17.7. The molecule has 0 aliphatic heterocycles. The Kier molecular flexibility index (Phi) is 9.25. The van der Waals surface area contributed by atoms with Gasteiger partial charge in [0.15, 0.2) is 0 Å². The minimum atomic E-state index is -0.0337. The Morgan fingerprint density at radius 3 is 2.56 bits per heavy atom. The van der Waals surface area contributed by atoms with E-state index in [1.54, 1.807) is 0 Å². The molecule has 2 aromatic carbocycles. The third kappa shape index (κ3) is 8.16. The summed E-state index contributed by atoms with van der Waals surface area (Å²) in [5.74, 6) is 0.808. The first-order valence-corrected chi connectivity index (χ1v) is 10.00. The number of amides is 1. The van der Waals surface area contributed by atoms with Gasteiger partial charge in [-0.05, 0) is 31.0 Å². The second-order valence-electron chi connectivity index (χ2n) is 6.84. The first-order valence-electron chi connectivity index (χ1n) is 10.00. The van der Waals surface area contributed by atoms with Crippen LogP contribution < -0.4 is 15.4 Å². The SMILES string of the molecule is CCCCCCCOc1cccc(NCC(=O)NC(C)c2ccccc2)c1. The zero-order valence-corrected chi connectivity index (χ0v) is 16.5. The Morgan fingerprint density at radius 2 is 1.78 bits per heavy atom. The van der Waals surface area contributed by atoms with Crippen LogP contribution in [-0.2, 0) is 4.79 Å². The van der Waals surface area contributed by atoms with Crippen LogP contribution in [0.2, 0.25) is 0 Å². The highest BCUT2D eigenvalue weighted by atomic mass is 16.5. The maximum absolute atomic E-state index is 12.2. The molecule has 0 aliphatic carbocycles. The van der Waals surface area contributed by atoms with Crippen molar-refractivity contribution in [3.8, 4) is 5.75 Å². The summed E-state index contributed by atoms with van der Waals surface area (Å²) in [5, 5.41) is 6.17. The third-order valence-electron chi connectivity index (χ3n) is 4.48. The molecule has 2 aromatic rings. The summed E-state index contributed by atoms with van der Waals surface area (Å²) < 4.78 is 5.82. The van der Waals surface area contributed by atoms with Crippen molar-refractivity contribution in [1.29, 1.82) is 0 Å². The molecule has 1 atom stereocenters. The van der Waals surface area contributed by atoms with Gasteiger partial charge >= 0.3 is 0 Å². The maximum Gasteiger partial charge on any atom is 0.239 e. The van der Waals surface area contributed by atoms with Gasteiger partial charge in [-0.3, -0.25) is 4.79 Å². The van der Waals surface area contributed by atoms with E-state index in [4.69, 9.17) is 4.74 Å². The van der Waals surface area contributed by atoms with Gasteiger partial charge in [0.1, 0.15) is 5.75 Å². The topological polar surface area (TPSA) is 50.4 Å². The third-order valence-corrected chi connectivity index (χ3v) is 4.48. The first-order chi connectivity index (χ1) is 13.2. The lowest BCUT2D eigenvalue weighted by atomic mass is 10.1. The van der Waals surface area contributed by atoms with E-state index < -0.39 is 0 Å². The van der Waals surface area contributed by atoms with E-state index in [0.29, 0.717) is 0 Å². The molecule has 0 bridgehead atoms. The number of carbonyl (C=O) groups excluding carboxylic acids is 1. The van der Waals surface area contributed by atoms with E-state index in [9.17, 15) is 4.79 Å². The molecular formula is C23H32N2O2. The number of carbonyl (C=O) groups is 1. The van der Waals surface area contributed by atoms with Gasteiger partial charge in [-0.1, -0.05) is 69.0 Å². The fourth-order valence-electron chi connectivity index (χ4n) is 2.89. The zero-order valence-electron chi connectivity index (χ0n) is 16.5. The van der Waals surface area contributed by atoms with Crippen LogP contribution in [-0.4, -0.2) is 19.1 Å². The van der Waals surface area contributed by atoms with E-state index in [1.807, 2.05) is 61.5 Å². The minimum absolute atomic E-state index is 0.0112. The summed E-state index contributed by atoms with van der Waals surface area (Å²) in [4.78, 5) is 12.2. The summed E-state index contributed by atoms with van der Waals surface area (Å²) in [6.07, 6.45) is 6.12. The van der Waals surface area contributed by atoms with Crippen molar-refractivity contribution in [3.63, 3.8) is 0 Å². The van der Waals surface area contributed by atoms with Crippen LogP contribution in [0.15, 0.2) is 54.6 Å². The fourth-order valence-corrected chi connectivity index (χ4v) is 2.89. The van der Waals surface area contributed by atoms with Gasteiger partial charge in [-0.2, -0.15) is 0 Å². The van der Waals surface area contributed by atoms with Gasteiger partial charge in [0.25, 0.3) is 0 Å². The summed E-state index contributed by atoms with van der Waals surface area (Å²) in [5.41, 5.74) is 1.99. The van der Waals surface area contributed by atoms with Gasteiger partial charge < -0.3 is 15.4 Å². The van der Waals surface area contributed by atoms with Crippen LogP contribution >= 0.6 is 0 Å². The van der Waals surface area contributed by atoms with Crippen molar-refractivity contribution in [2.45, 2.75) is 52.0 Å².